The zero-order chi connectivity index (χ0) is 14.7. The van der Waals surface area contributed by atoms with Crippen LogP contribution in [-0.2, 0) is 0 Å². The number of carbonyl (C=O) groups excluding carboxylic acids is 1. The summed E-state index contributed by atoms with van der Waals surface area (Å²) in [5, 5.41) is 3.34. The number of benzene rings is 2. The molecule has 3 N–H and O–H groups in total. The smallest absolute Gasteiger partial charge is 0.254 e. The van der Waals surface area contributed by atoms with Gasteiger partial charge in [0.25, 0.3) is 5.91 Å². The molecule has 0 aliphatic heterocycles. The number of amides is 1. The third-order valence-electron chi connectivity index (χ3n) is 2.95. The van der Waals surface area contributed by atoms with Crippen molar-refractivity contribution in [3.63, 3.8) is 0 Å². The van der Waals surface area contributed by atoms with Crippen LogP contribution in [0.4, 0.5) is 10.1 Å². The third-order valence-corrected chi connectivity index (χ3v) is 3.20. The molecule has 0 aliphatic rings. The number of carbonyl (C=O) groups is 1. The normalized spacial score (nSPS) is 11.9. The lowest BCUT2D eigenvalue weighted by molar-refractivity contribution is 0.0936. The predicted octanol–water partition coefficient (Wildman–Crippen LogP) is 3.55. The van der Waals surface area contributed by atoms with Crippen molar-refractivity contribution < 1.29 is 9.18 Å². The van der Waals surface area contributed by atoms with Crippen molar-refractivity contribution in [2.45, 2.75) is 13.0 Å². The largest absolute Gasteiger partial charge is 0.399 e. The highest BCUT2D eigenvalue weighted by Gasteiger charge is 2.15. The van der Waals surface area contributed by atoms with Gasteiger partial charge in [-0.05, 0) is 42.8 Å². The Bertz CT molecular complexity index is 628. The summed E-state index contributed by atoms with van der Waals surface area (Å²) in [7, 11) is 0. The topological polar surface area (TPSA) is 55.1 Å². The van der Waals surface area contributed by atoms with E-state index in [0.717, 1.165) is 5.56 Å². The van der Waals surface area contributed by atoms with Gasteiger partial charge in [-0.1, -0.05) is 23.7 Å². The molecule has 0 heterocycles. The maximum Gasteiger partial charge on any atom is 0.254 e. The van der Waals surface area contributed by atoms with E-state index in [2.05, 4.69) is 5.32 Å². The monoisotopic (exact) mass is 292 g/mol. The Labute approximate surface area is 121 Å². The Morgan fingerprint density at radius 1 is 1.25 bits per heavy atom. The van der Waals surface area contributed by atoms with Gasteiger partial charge in [-0.25, -0.2) is 4.39 Å². The number of nitrogen functional groups attached to an aromatic ring is 1. The molecule has 0 saturated heterocycles. The van der Waals surface area contributed by atoms with E-state index in [1.54, 1.807) is 12.1 Å². The molecule has 1 atom stereocenters. The van der Waals surface area contributed by atoms with Crippen LogP contribution < -0.4 is 11.1 Å². The first-order valence-corrected chi connectivity index (χ1v) is 6.46. The van der Waals surface area contributed by atoms with E-state index < -0.39 is 11.7 Å². The minimum atomic E-state index is -0.597. The maximum absolute atomic E-state index is 13.6. The second kappa shape index (κ2) is 5.92. The van der Waals surface area contributed by atoms with Gasteiger partial charge >= 0.3 is 0 Å². The predicted molar refractivity (Wildman–Crippen MR) is 78.1 cm³/mol. The van der Waals surface area contributed by atoms with E-state index in [1.165, 1.54) is 18.2 Å². The Kier molecular flexibility index (Phi) is 4.25. The Hall–Kier alpha value is -2.07. The summed E-state index contributed by atoms with van der Waals surface area (Å²) in [4.78, 5) is 12.0. The van der Waals surface area contributed by atoms with Crippen LogP contribution in [0.2, 0.25) is 5.02 Å². The summed E-state index contributed by atoms with van der Waals surface area (Å²) in [6, 6.07) is 10.7. The number of rotatable bonds is 3. The molecule has 1 amide bonds. The average molecular weight is 293 g/mol. The van der Waals surface area contributed by atoms with Crippen LogP contribution in [0.25, 0.3) is 0 Å². The van der Waals surface area contributed by atoms with Gasteiger partial charge < -0.3 is 11.1 Å². The second-order valence-electron chi connectivity index (χ2n) is 4.49. The van der Waals surface area contributed by atoms with E-state index in [4.69, 9.17) is 17.3 Å². The van der Waals surface area contributed by atoms with Gasteiger partial charge in [-0.2, -0.15) is 0 Å². The van der Waals surface area contributed by atoms with Crippen LogP contribution in [0, 0.1) is 5.82 Å². The van der Waals surface area contributed by atoms with Crippen LogP contribution in [0.1, 0.15) is 28.9 Å². The molecule has 0 radical (unpaired) electrons. The van der Waals surface area contributed by atoms with Crippen molar-refractivity contribution in [3.05, 3.63) is 64.4 Å². The summed E-state index contributed by atoms with van der Waals surface area (Å²) >= 11 is 5.81. The lowest BCUT2D eigenvalue weighted by Gasteiger charge is -2.15. The first-order chi connectivity index (χ1) is 9.47. The number of nitrogens with two attached hydrogens (primary N) is 1. The number of halogens is 2. The minimum absolute atomic E-state index is 0.0641. The zero-order valence-electron chi connectivity index (χ0n) is 10.9. The molecule has 0 fully saturated rings. The highest BCUT2D eigenvalue weighted by atomic mass is 35.5. The first-order valence-electron chi connectivity index (χ1n) is 6.08. The Balaban J connectivity index is 2.15. The third kappa shape index (κ3) is 3.27. The van der Waals surface area contributed by atoms with Crippen molar-refractivity contribution >= 4 is 23.2 Å². The van der Waals surface area contributed by atoms with Gasteiger partial charge in [0.2, 0.25) is 0 Å². The van der Waals surface area contributed by atoms with Crippen LogP contribution in [0.3, 0.4) is 0 Å². The molecule has 0 aliphatic carbocycles. The van der Waals surface area contributed by atoms with Crippen LogP contribution in [0.5, 0.6) is 0 Å². The van der Waals surface area contributed by atoms with Crippen LogP contribution >= 0.6 is 11.6 Å². The minimum Gasteiger partial charge on any atom is -0.399 e. The van der Waals surface area contributed by atoms with Crippen molar-refractivity contribution in [2.75, 3.05) is 5.73 Å². The number of hydrogen-bond acceptors (Lipinski definition) is 2. The van der Waals surface area contributed by atoms with Gasteiger partial charge in [0, 0.05) is 10.7 Å². The van der Waals surface area contributed by atoms with Gasteiger partial charge in [0.05, 0.1) is 11.6 Å². The fourth-order valence-corrected chi connectivity index (χ4v) is 1.95. The van der Waals surface area contributed by atoms with E-state index >= 15 is 0 Å². The molecule has 0 saturated carbocycles. The quantitative estimate of drug-likeness (QED) is 0.850. The highest BCUT2D eigenvalue weighted by Crippen LogP contribution is 2.18. The highest BCUT2D eigenvalue weighted by molar-refractivity contribution is 6.30. The first kappa shape index (κ1) is 14.3. The number of anilines is 1. The lowest BCUT2D eigenvalue weighted by Crippen LogP contribution is -2.27. The van der Waals surface area contributed by atoms with Crippen LogP contribution in [0.15, 0.2) is 42.5 Å². The zero-order valence-corrected chi connectivity index (χ0v) is 11.6. The average Bonchev–Trinajstić information content (AvgIpc) is 2.42. The van der Waals surface area contributed by atoms with Gasteiger partial charge in [0.15, 0.2) is 0 Å². The summed E-state index contributed by atoms with van der Waals surface area (Å²) in [5.74, 6) is -1.10. The van der Waals surface area contributed by atoms with Gasteiger partial charge in [-0.3, -0.25) is 4.79 Å². The summed E-state index contributed by atoms with van der Waals surface area (Å²) in [5.41, 5.74) is 6.72. The summed E-state index contributed by atoms with van der Waals surface area (Å²) < 4.78 is 13.6. The molecule has 0 spiro atoms. The number of hydrogen-bond donors (Lipinski definition) is 2. The standard InChI is InChI=1S/C15H14ClFN2O/c1-9(10-2-4-11(16)5-3-10)19-15(20)13-8-12(18)6-7-14(13)17/h2-9H,18H2,1H3,(H,19,20). The lowest BCUT2D eigenvalue weighted by atomic mass is 10.1. The van der Waals surface area contributed by atoms with Gasteiger partial charge in [-0.15, -0.1) is 0 Å². The van der Waals surface area contributed by atoms with Gasteiger partial charge in [0.1, 0.15) is 5.82 Å². The molecule has 0 aromatic heterocycles. The van der Waals surface area contributed by atoms with E-state index in [0.29, 0.717) is 10.7 Å². The molecule has 2 aromatic rings. The summed E-state index contributed by atoms with van der Waals surface area (Å²) in [6.45, 7) is 1.81. The van der Waals surface area contributed by atoms with Crippen molar-refractivity contribution in [3.8, 4) is 0 Å². The van der Waals surface area contributed by atoms with E-state index in [1.807, 2.05) is 19.1 Å². The Morgan fingerprint density at radius 3 is 2.55 bits per heavy atom. The SMILES string of the molecule is CC(NC(=O)c1cc(N)ccc1F)c1ccc(Cl)cc1. The molecule has 2 rings (SSSR count). The van der Waals surface area contributed by atoms with E-state index in [-0.39, 0.29) is 11.6 Å². The fraction of sp³-hybridized carbons (Fsp3) is 0.133. The molecule has 104 valence electrons. The fourth-order valence-electron chi connectivity index (χ4n) is 1.83. The van der Waals surface area contributed by atoms with Crippen molar-refractivity contribution in [1.29, 1.82) is 0 Å². The Morgan fingerprint density at radius 2 is 1.90 bits per heavy atom. The molecule has 1 unspecified atom stereocenters. The molecule has 20 heavy (non-hydrogen) atoms. The molecule has 0 bridgehead atoms. The second-order valence-corrected chi connectivity index (χ2v) is 4.92. The molecule has 2 aromatic carbocycles. The molecular formula is C15H14ClFN2O. The molecular weight excluding hydrogens is 279 g/mol. The number of nitrogens with one attached hydrogen (secondary N) is 1. The van der Waals surface area contributed by atoms with Crippen molar-refractivity contribution in [2.24, 2.45) is 0 Å². The molecule has 5 heteroatoms. The van der Waals surface area contributed by atoms with E-state index in [9.17, 15) is 9.18 Å². The summed E-state index contributed by atoms with van der Waals surface area (Å²) in [6.07, 6.45) is 0. The maximum atomic E-state index is 13.6. The van der Waals surface area contributed by atoms with Crippen molar-refractivity contribution in [1.82, 2.24) is 5.32 Å². The molecule has 3 nitrogen and oxygen atoms in total. The van der Waals surface area contributed by atoms with Crippen LogP contribution in [-0.4, -0.2) is 5.91 Å².